The molecule has 0 rings (SSSR count). The molecule has 0 spiro atoms. The highest BCUT2D eigenvalue weighted by Gasteiger charge is 2.21. The van der Waals surface area contributed by atoms with Gasteiger partial charge in [-0.25, -0.2) is 9.59 Å². The Morgan fingerprint density at radius 3 is 2.38 bits per heavy atom. The first kappa shape index (κ1) is 14.7. The maximum Gasteiger partial charge on any atom is 0.408 e. The molecular formula is C10H19NO5. The standard InChI is InChI=1S/C10H19NO5/c1-7(8(13)15-6-5-12)11-9(14)16-10(2,3)4/h7,12H,5-6H2,1-4H3,(H,11,14). The molecule has 0 aromatic heterocycles. The second-order valence-electron chi connectivity index (χ2n) is 4.26. The first-order chi connectivity index (χ1) is 7.26. The monoisotopic (exact) mass is 233 g/mol. The smallest absolute Gasteiger partial charge is 0.408 e. The molecule has 0 aromatic carbocycles. The van der Waals surface area contributed by atoms with Gasteiger partial charge in [0.25, 0.3) is 0 Å². The van der Waals surface area contributed by atoms with E-state index in [-0.39, 0.29) is 13.2 Å². The number of carbonyl (C=O) groups excluding carboxylic acids is 2. The highest BCUT2D eigenvalue weighted by atomic mass is 16.6. The number of rotatable bonds is 4. The summed E-state index contributed by atoms with van der Waals surface area (Å²) in [5, 5.41) is 10.8. The maximum absolute atomic E-state index is 11.3. The third-order valence-electron chi connectivity index (χ3n) is 1.42. The number of aliphatic hydroxyl groups excluding tert-OH is 1. The topological polar surface area (TPSA) is 84.9 Å². The van der Waals surface area contributed by atoms with E-state index in [1.54, 1.807) is 20.8 Å². The molecule has 0 bridgehead atoms. The Kier molecular flexibility index (Phi) is 5.81. The van der Waals surface area contributed by atoms with Gasteiger partial charge in [-0.05, 0) is 27.7 Å². The molecule has 0 radical (unpaired) electrons. The van der Waals surface area contributed by atoms with Crippen LogP contribution in [0.3, 0.4) is 0 Å². The van der Waals surface area contributed by atoms with E-state index in [0.717, 1.165) is 0 Å². The van der Waals surface area contributed by atoms with E-state index in [1.807, 2.05) is 0 Å². The van der Waals surface area contributed by atoms with Crippen LogP contribution in [0.15, 0.2) is 0 Å². The molecule has 0 aromatic rings. The molecule has 0 aliphatic heterocycles. The third kappa shape index (κ3) is 7.05. The lowest BCUT2D eigenvalue weighted by Crippen LogP contribution is -2.42. The molecule has 1 amide bonds. The van der Waals surface area contributed by atoms with Gasteiger partial charge in [0, 0.05) is 0 Å². The fourth-order valence-corrected chi connectivity index (χ4v) is 0.814. The highest BCUT2D eigenvalue weighted by molar-refractivity contribution is 5.80. The molecule has 6 nitrogen and oxygen atoms in total. The van der Waals surface area contributed by atoms with Crippen molar-refractivity contribution >= 4 is 12.1 Å². The van der Waals surface area contributed by atoms with Gasteiger partial charge in [0.15, 0.2) is 0 Å². The van der Waals surface area contributed by atoms with Gasteiger partial charge < -0.3 is 19.9 Å². The van der Waals surface area contributed by atoms with Crippen molar-refractivity contribution in [3.05, 3.63) is 0 Å². The van der Waals surface area contributed by atoms with Crippen LogP contribution in [0.1, 0.15) is 27.7 Å². The summed E-state index contributed by atoms with van der Waals surface area (Å²) in [6.45, 7) is 6.32. The maximum atomic E-state index is 11.3. The van der Waals surface area contributed by atoms with Crippen molar-refractivity contribution in [2.24, 2.45) is 0 Å². The van der Waals surface area contributed by atoms with Crippen molar-refractivity contribution in [3.63, 3.8) is 0 Å². The number of amides is 1. The molecule has 0 saturated carbocycles. The molecule has 0 heterocycles. The van der Waals surface area contributed by atoms with Crippen LogP contribution in [0.5, 0.6) is 0 Å². The first-order valence-electron chi connectivity index (χ1n) is 5.03. The zero-order chi connectivity index (χ0) is 12.8. The van der Waals surface area contributed by atoms with Crippen molar-refractivity contribution in [1.82, 2.24) is 5.32 Å². The number of carbonyl (C=O) groups is 2. The van der Waals surface area contributed by atoms with Crippen molar-refractivity contribution in [1.29, 1.82) is 0 Å². The fraction of sp³-hybridized carbons (Fsp3) is 0.800. The number of hydrogen-bond donors (Lipinski definition) is 2. The molecule has 0 aliphatic carbocycles. The van der Waals surface area contributed by atoms with Crippen LogP contribution in [0.2, 0.25) is 0 Å². The number of ether oxygens (including phenoxy) is 2. The number of esters is 1. The SMILES string of the molecule is CC(NC(=O)OC(C)(C)C)C(=O)OCCO. The Morgan fingerprint density at radius 2 is 1.94 bits per heavy atom. The minimum atomic E-state index is -0.804. The van der Waals surface area contributed by atoms with Crippen LogP contribution in [0.25, 0.3) is 0 Å². The molecule has 0 saturated heterocycles. The van der Waals surface area contributed by atoms with Gasteiger partial charge in [0.1, 0.15) is 18.2 Å². The lowest BCUT2D eigenvalue weighted by atomic mass is 10.2. The second kappa shape index (κ2) is 6.32. The first-order valence-corrected chi connectivity index (χ1v) is 5.03. The highest BCUT2D eigenvalue weighted by Crippen LogP contribution is 2.06. The Balaban J connectivity index is 3.99. The summed E-state index contributed by atoms with van der Waals surface area (Å²) in [6, 6.07) is -0.804. The third-order valence-corrected chi connectivity index (χ3v) is 1.42. The summed E-state index contributed by atoms with van der Waals surface area (Å²) in [5.74, 6) is -0.611. The quantitative estimate of drug-likeness (QED) is 0.688. The van der Waals surface area contributed by atoms with Crippen LogP contribution in [0, 0.1) is 0 Å². The average molecular weight is 233 g/mol. The van der Waals surface area contributed by atoms with Crippen molar-refractivity contribution in [3.8, 4) is 0 Å². The van der Waals surface area contributed by atoms with E-state index >= 15 is 0 Å². The normalized spacial score (nSPS) is 12.8. The zero-order valence-electron chi connectivity index (χ0n) is 10.1. The van der Waals surface area contributed by atoms with Gasteiger partial charge in [-0.3, -0.25) is 0 Å². The summed E-state index contributed by atoms with van der Waals surface area (Å²) in [7, 11) is 0. The minimum Gasteiger partial charge on any atom is -0.462 e. The fourth-order valence-electron chi connectivity index (χ4n) is 0.814. The van der Waals surface area contributed by atoms with Gasteiger partial charge >= 0.3 is 12.1 Å². The lowest BCUT2D eigenvalue weighted by molar-refractivity contribution is -0.146. The molecule has 16 heavy (non-hydrogen) atoms. The van der Waals surface area contributed by atoms with Gasteiger partial charge in [0.05, 0.1) is 6.61 Å². The Labute approximate surface area is 94.9 Å². The van der Waals surface area contributed by atoms with E-state index in [1.165, 1.54) is 6.92 Å². The predicted octanol–water partition coefficient (Wildman–Crippen LogP) is 0.435. The van der Waals surface area contributed by atoms with E-state index in [2.05, 4.69) is 10.1 Å². The van der Waals surface area contributed by atoms with Crippen LogP contribution in [-0.2, 0) is 14.3 Å². The molecule has 94 valence electrons. The van der Waals surface area contributed by atoms with E-state index in [4.69, 9.17) is 9.84 Å². The predicted molar refractivity (Wildman–Crippen MR) is 56.9 cm³/mol. The molecule has 0 fully saturated rings. The lowest BCUT2D eigenvalue weighted by Gasteiger charge is -2.21. The summed E-state index contributed by atoms with van der Waals surface area (Å²) < 4.78 is 9.58. The van der Waals surface area contributed by atoms with E-state index < -0.39 is 23.7 Å². The summed E-state index contributed by atoms with van der Waals surface area (Å²) >= 11 is 0. The summed E-state index contributed by atoms with van der Waals surface area (Å²) in [5.41, 5.74) is -0.612. The second-order valence-corrected chi connectivity index (χ2v) is 4.26. The van der Waals surface area contributed by atoms with Gasteiger partial charge in [-0.2, -0.15) is 0 Å². The van der Waals surface area contributed by atoms with Gasteiger partial charge in [-0.1, -0.05) is 0 Å². The van der Waals surface area contributed by atoms with E-state index in [9.17, 15) is 9.59 Å². The minimum absolute atomic E-state index is 0.0842. The van der Waals surface area contributed by atoms with Crippen molar-refractivity contribution < 1.29 is 24.2 Å². The molecule has 0 aliphatic rings. The summed E-state index contributed by atoms with van der Waals surface area (Å²) in [6.07, 6.45) is -0.680. The number of hydrogen-bond acceptors (Lipinski definition) is 5. The molecule has 6 heteroatoms. The van der Waals surface area contributed by atoms with Gasteiger partial charge in [0.2, 0.25) is 0 Å². The number of aliphatic hydroxyl groups is 1. The molecule has 1 unspecified atom stereocenters. The zero-order valence-corrected chi connectivity index (χ0v) is 10.1. The molecular weight excluding hydrogens is 214 g/mol. The van der Waals surface area contributed by atoms with E-state index in [0.29, 0.717) is 0 Å². The van der Waals surface area contributed by atoms with Gasteiger partial charge in [-0.15, -0.1) is 0 Å². The number of alkyl carbamates (subject to hydrolysis) is 1. The van der Waals surface area contributed by atoms with Crippen LogP contribution < -0.4 is 5.32 Å². The Morgan fingerprint density at radius 1 is 1.38 bits per heavy atom. The average Bonchev–Trinajstić information content (AvgIpc) is 2.10. The molecule has 2 N–H and O–H groups in total. The van der Waals surface area contributed by atoms with Crippen LogP contribution in [0.4, 0.5) is 4.79 Å². The summed E-state index contributed by atoms with van der Waals surface area (Å²) in [4.78, 5) is 22.5. The largest absolute Gasteiger partial charge is 0.462 e. The number of nitrogens with one attached hydrogen (secondary N) is 1. The van der Waals surface area contributed by atoms with Crippen LogP contribution in [-0.4, -0.2) is 42.0 Å². The van der Waals surface area contributed by atoms with Crippen molar-refractivity contribution in [2.45, 2.75) is 39.3 Å². The Hall–Kier alpha value is -1.30. The van der Waals surface area contributed by atoms with Crippen molar-refractivity contribution in [2.75, 3.05) is 13.2 Å². The molecule has 1 atom stereocenters. The Bertz CT molecular complexity index is 246. The van der Waals surface area contributed by atoms with Crippen LogP contribution >= 0.6 is 0 Å².